The van der Waals surface area contributed by atoms with E-state index in [0.717, 1.165) is 18.2 Å². The van der Waals surface area contributed by atoms with Crippen LogP contribution >= 0.6 is 11.6 Å². The Morgan fingerprint density at radius 3 is 2.62 bits per heavy atom. The van der Waals surface area contributed by atoms with Gasteiger partial charge in [0.05, 0.1) is 16.3 Å². The Hall–Kier alpha value is -4.18. The van der Waals surface area contributed by atoms with Gasteiger partial charge in [0.25, 0.3) is 11.6 Å². The minimum Gasteiger partial charge on any atom is -0.455 e. The van der Waals surface area contributed by atoms with E-state index in [9.17, 15) is 19.7 Å². The Morgan fingerprint density at radius 1 is 1.12 bits per heavy atom. The number of benzene rings is 2. The molecule has 2 aromatic carbocycles. The van der Waals surface area contributed by atoms with Gasteiger partial charge in [-0.05, 0) is 44.0 Å². The van der Waals surface area contributed by atoms with Crippen LogP contribution in [0.3, 0.4) is 0 Å². The fraction of sp³-hybridized carbons (Fsp3) is 0.174. The Kier molecular flexibility index (Phi) is 6.60. The largest absolute Gasteiger partial charge is 0.455 e. The van der Waals surface area contributed by atoms with Gasteiger partial charge in [0.2, 0.25) is 0 Å². The standard InChI is InChI=1S/C23H20ClN5O5/c1-13-20-17(26-27-22(30)14-10-11-16(24)18(12-14)29(32)33)8-5-9-19(20)34-21(13)23(31)28-25-15-6-3-2-4-7-15/h2-4,6-7,10-12,25H,5,8-9H2,1H3,(H,27,30)(H,28,31)/b26-17+. The van der Waals surface area contributed by atoms with E-state index in [1.807, 2.05) is 30.3 Å². The van der Waals surface area contributed by atoms with Crippen molar-refractivity contribution in [1.82, 2.24) is 10.9 Å². The number of fused-ring (bicyclic) bond motifs is 1. The molecule has 3 N–H and O–H groups in total. The molecule has 0 aliphatic heterocycles. The fourth-order valence-corrected chi connectivity index (χ4v) is 3.87. The molecule has 174 valence electrons. The van der Waals surface area contributed by atoms with Gasteiger partial charge in [-0.25, -0.2) is 5.43 Å². The van der Waals surface area contributed by atoms with Gasteiger partial charge < -0.3 is 4.42 Å². The Labute approximate surface area is 199 Å². The number of hydrogen-bond donors (Lipinski definition) is 3. The molecule has 1 aromatic heterocycles. The Bertz CT molecular complexity index is 1300. The number of hydrazone groups is 1. The minimum absolute atomic E-state index is 0.0486. The maximum Gasteiger partial charge on any atom is 0.305 e. The highest BCUT2D eigenvalue weighted by Gasteiger charge is 2.28. The van der Waals surface area contributed by atoms with Gasteiger partial charge in [-0.1, -0.05) is 29.8 Å². The number of nitrogens with one attached hydrogen (secondary N) is 3. The number of rotatable bonds is 6. The quantitative estimate of drug-likeness (QED) is 0.352. The molecule has 0 spiro atoms. The molecular formula is C23H20ClN5O5. The molecule has 4 rings (SSSR count). The molecule has 0 saturated heterocycles. The molecule has 10 nitrogen and oxygen atoms in total. The van der Waals surface area contributed by atoms with Crippen molar-refractivity contribution in [2.75, 3.05) is 5.43 Å². The topological polar surface area (TPSA) is 139 Å². The number of nitrogens with zero attached hydrogens (tertiary/aromatic N) is 2. The summed E-state index contributed by atoms with van der Waals surface area (Å²) in [6.45, 7) is 1.75. The van der Waals surface area contributed by atoms with Crippen LogP contribution in [0.25, 0.3) is 0 Å². The van der Waals surface area contributed by atoms with E-state index >= 15 is 0 Å². The van der Waals surface area contributed by atoms with Crippen molar-refractivity contribution in [3.8, 4) is 0 Å². The predicted octanol–water partition coefficient (Wildman–Crippen LogP) is 4.38. The fourth-order valence-electron chi connectivity index (χ4n) is 3.68. The third-order valence-corrected chi connectivity index (χ3v) is 5.64. The van der Waals surface area contributed by atoms with Crippen LogP contribution in [-0.4, -0.2) is 22.4 Å². The molecule has 0 radical (unpaired) electrons. The second kappa shape index (κ2) is 9.75. The number of para-hydroxylation sites is 1. The molecule has 2 amide bonds. The lowest BCUT2D eigenvalue weighted by molar-refractivity contribution is -0.384. The normalized spacial score (nSPS) is 13.8. The number of nitro benzene ring substituents is 1. The Balaban J connectivity index is 1.52. The summed E-state index contributed by atoms with van der Waals surface area (Å²) in [5.41, 5.74) is 10.1. The SMILES string of the molecule is Cc1c(C(=O)NNc2ccccc2)oc2c1/C(=N/NC(=O)c1ccc(Cl)c([N+](=O)[O-])c1)CCC2. The second-order valence-electron chi connectivity index (χ2n) is 7.58. The zero-order valence-corrected chi connectivity index (χ0v) is 18.8. The highest BCUT2D eigenvalue weighted by atomic mass is 35.5. The monoisotopic (exact) mass is 481 g/mol. The maximum atomic E-state index is 12.7. The number of carbonyl (C=O) groups excluding carboxylic acids is 2. The number of hydrazine groups is 1. The Morgan fingerprint density at radius 2 is 1.88 bits per heavy atom. The van der Waals surface area contributed by atoms with Gasteiger partial charge in [0, 0.05) is 29.2 Å². The van der Waals surface area contributed by atoms with Crippen LogP contribution in [0.4, 0.5) is 11.4 Å². The maximum absolute atomic E-state index is 12.7. The first-order valence-electron chi connectivity index (χ1n) is 10.4. The van der Waals surface area contributed by atoms with Gasteiger partial charge in [0.1, 0.15) is 10.8 Å². The van der Waals surface area contributed by atoms with E-state index in [1.54, 1.807) is 6.92 Å². The van der Waals surface area contributed by atoms with Gasteiger partial charge in [-0.2, -0.15) is 5.10 Å². The lowest BCUT2D eigenvalue weighted by atomic mass is 9.93. The van der Waals surface area contributed by atoms with Crippen molar-refractivity contribution >= 4 is 40.5 Å². The number of halogens is 1. The van der Waals surface area contributed by atoms with Crippen LogP contribution in [0.1, 0.15) is 50.6 Å². The van der Waals surface area contributed by atoms with Crippen LogP contribution < -0.4 is 16.3 Å². The van der Waals surface area contributed by atoms with Crippen molar-refractivity contribution in [2.45, 2.75) is 26.2 Å². The molecule has 0 saturated carbocycles. The smallest absolute Gasteiger partial charge is 0.305 e. The first-order valence-corrected chi connectivity index (χ1v) is 10.8. The average Bonchev–Trinajstić information content (AvgIpc) is 3.19. The minimum atomic E-state index is -0.660. The second-order valence-corrected chi connectivity index (χ2v) is 7.98. The van der Waals surface area contributed by atoms with E-state index in [-0.39, 0.29) is 22.0 Å². The van der Waals surface area contributed by atoms with Gasteiger partial charge in [0.15, 0.2) is 5.76 Å². The number of aryl methyl sites for hydroxylation is 1. The molecular weight excluding hydrogens is 462 g/mol. The first-order chi connectivity index (χ1) is 16.3. The van der Waals surface area contributed by atoms with E-state index < -0.39 is 16.7 Å². The van der Waals surface area contributed by atoms with Crippen LogP contribution in [-0.2, 0) is 6.42 Å². The zero-order chi connectivity index (χ0) is 24.2. The van der Waals surface area contributed by atoms with Crippen molar-refractivity contribution in [2.24, 2.45) is 5.10 Å². The molecule has 11 heteroatoms. The summed E-state index contributed by atoms with van der Waals surface area (Å²) in [5.74, 6) is -0.287. The van der Waals surface area contributed by atoms with Gasteiger partial charge in [-0.3, -0.25) is 30.6 Å². The zero-order valence-electron chi connectivity index (χ0n) is 18.1. The number of amides is 2. The molecule has 1 aliphatic carbocycles. The molecule has 1 aliphatic rings. The molecule has 34 heavy (non-hydrogen) atoms. The number of nitro groups is 1. The van der Waals surface area contributed by atoms with Crippen molar-refractivity contribution in [3.63, 3.8) is 0 Å². The van der Waals surface area contributed by atoms with E-state index in [4.69, 9.17) is 16.0 Å². The summed E-state index contributed by atoms with van der Waals surface area (Å²) in [4.78, 5) is 35.6. The highest BCUT2D eigenvalue weighted by Crippen LogP contribution is 2.30. The van der Waals surface area contributed by atoms with Gasteiger partial charge >= 0.3 is 5.91 Å². The summed E-state index contributed by atoms with van der Waals surface area (Å²) in [5, 5.41) is 15.2. The molecule has 0 bridgehead atoms. The third kappa shape index (κ3) is 4.76. The molecule has 3 aromatic rings. The molecule has 1 heterocycles. The van der Waals surface area contributed by atoms with Crippen LogP contribution in [0, 0.1) is 17.0 Å². The predicted molar refractivity (Wildman–Crippen MR) is 126 cm³/mol. The van der Waals surface area contributed by atoms with Crippen LogP contribution in [0.15, 0.2) is 58.0 Å². The summed E-state index contributed by atoms with van der Waals surface area (Å²) < 4.78 is 5.83. The van der Waals surface area contributed by atoms with Gasteiger partial charge in [-0.15, -0.1) is 0 Å². The van der Waals surface area contributed by atoms with Crippen molar-refractivity contribution < 1.29 is 18.9 Å². The highest BCUT2D eigenvalue weighted by molar-refractivity contribution is 6.32. The molecule has 0 atom stereocenters. The molecule has 0 fully saturated rings. The van der Waals surface area contributed by atoms with Crippen molar-refractivity contribution in [1.29, 1.82) is 0 Å². The van der Waals surface area contributed by atoms with Crippen molar-refractivity contribution in [3.05, 3.63) is 91.9 Å². The lowest BCUT2D eigenvalue weighted by Gasteiger charge is -2.13. The summed E-state index contributed by atoms with van der Waals surface area (Å²) in [7, 11) is 0. The third-order valence-electron chi connectivity index (χ3n) is 5.32. The summed E-state index contributed by atoms with van der Waals surface area (Å²) >= 11 is 5.80. The van der Waals surface area contributed by atoms with Crippen LogP contribution in [0.5, 0.6) is 0 Å². The summed E-state index contributed by atoms with van der Waals surface area (Å²) in [6.07, 6.45) is 1.92. The van der Waals surface area contributed by atoms with E-state index in [0.29, 0.717) is 35.4 Å². The number of carbonyl (C=O) groups is 2. The summed E-state index contributed by atoms with van der Waals surface area (Å²) in [6, 6.07) is 12.9. The molecule has 0 unspecified atom stereocenters. The average molecular weight is 482 g/mol. The van der Waals surface area contributed by atoms with E-state index in [1.165, 1.54) is 12.1 Å². The van der Waals surface area contributed by atoms with E-state index in [2.05, 4.69) is 21.4 Å². The van der Waals surface area contributed by atoms with Crippen LogP contribution in [0.2, 0.25) is 5.02 Å². The number of anilines is 1. The lowest BCUT2D eigenvalue weighted by Crippen LogP contribution is -2.29. The number of hydrogen-bond acceptors (Lipinski definition) is 7. The first kappa shape index (κ1) is 23.0. The number of furan rings is 1.